The molecule has 4 aliphatic carbocycles. The molecular weight excluding hydrogens is 462 g/mol. The van der Waals surface area contributed by atoms with Crippen LogP contribution >= 0.6 is 0 Å². The molecule has 1 heterocycles. The lowest BCUT2D eigenvalue weighted by atomic mass is 9.58. The third kappa shape index (κ3) is 2.73. The molecule has 2 aromatic rings. The number of para-hydroxylation sites is 1. The van der Waals surface area contributed by atoms with Gasteiger partial charge in [0.15, 0.2) is 17.4 Å². The number of hydrogen-bond acceptors (Lipinski definition) is 8. The van der Waals surface area contributed by atoms with E-state index < -0.39 is 41.9 Å². The van der Waals surface area contributed by atoms with Crippen LogP contribution in [0, 0.1) is 34.5 Å². The van der Waals surface area contributed by atoms with Gasteiger partial charge in [-0.15, -0.1) is 0 Å². The summed E-state index contributed by atoms with van der Waals surface area (Å²) in [7, 11) is 0. The minimum absolute atomic E-state index is 0.00320. The van der Waals surface area contributed by atoms with E-state index in [1.165, 1.54) is 0 Å². The average molecular weight is 496 g/mol. The third-order valence-electron chi connectivity index (χ3n) is 9.96. The summed E-state index contributed by atoms with van der Waals surface area (Å²) in [5, 5.41) is 50.7. The largest absolute Gasteiger partial charge is 0.450 e. The number of aliphatic hydroxyl groups is 4. The molecule has 2 bridgehead atoms. The summed E-state index contributed by atoms with van der Waals surface area (Å²) in [5.74, 6) is -0.908. The molecule has 1 spiro atoms. The van der Waals surface area contributed by atoms with Crippen LogP contribution in [0.2, 0.25) is 0 Å². The number of carbonyl (C=O) groups excluding carboxylic acids is 1. The summed E-state index contributed by atoms with van der Waals surface area (Å²) < 4.78 is 11.2. The number of rotatable bonds is 3. The number of ether oxygens (including phenoxy) is 1. The van der Waals surface area contributed by atoms with Crippen molar-refractivity contribution < 1.29 is 34.5 Å². The number of aliphatic hydroxyl groups excluding tert-OH is 3. The van der Waals surface area contributed by atoms with Crippen LogP contribution < -0.4 is 0 Å². The van der Waals surface area contributed by atoms with Gasteiger partial charge in [-0.3, -0.25) is 0 Å². The van der Waals surface area contributed by atoms with Gasteiger partial charge < -0.3 is 29.7 Å². The molecule has 4 aliphatic rings. The van der Waals surface area contributed by atoms with Crippen LogP contribution in [-0.2, 0) is 4.74 Å². The van der Waals surface area contributed by atoms with Gasteiger partial charge in [-0.05, 0) is 59.8 Å². The van der Waals surface area contributed by atoms with Crippen molar-refractivity contribution in [2.45, 2.75) is 58.0 Å². The van der Waals surface area contributed by atoms with Gasteiger partial charge in [-0.2, -0.15) is 0 Å². The highest BCUT2D eigenvalue weighted by molar-refractivity contribution is 6.01. The number of carbonyl (C=O) groups is 1. The fraction of sp³-hybridized carbons (Fsp3) is 0.571. The molecule has 0 saturated heterocycles. The van der Waals surface area contributed by atoms with Crippen molar-refractivity contribution in [2.75, 3.05) is 6.61 Å². The molecule has 6 rings (SSSR count). The third-order valence-corrected chi connectivity index (χ3v) is 9.96. The van der Waals surface area contributed by atoms with E-state index in [1.54, 1.807) is 37.3 Å². The van der Waals surface area contributed by atoms with Gasteiger partial charge in [0.25, 0.3) is 0 Å². The van der Waals surface area contributed by atoms with Crippen molar-refractivity contribution in [3.8, 4) is 0 Å². The van der Waals surface area contributed by atoms with Gasteiger partial charge in [-0.25, -0.2) is 4.79 Å². The first-order valence-electron chi connectivity index (χ1n) is 12.6. The standard InChI is InChI=1S/C28H33NO7/c1-13-11-27-14(2)9-18-20(26(18,3)4)17(23(27)32)10-15(12-30)22(31)28(27,34)24(13)35-25(33)21-16-7-5-6-8-19(16)36-29-21/h5-8,10-11,14,17-18,20,22-24,30-32,34H,9,12H2,1-4H3/t14-,17+,18-,20+,22-,23?,24+,27+,28+/m1/s1. The highest BCUT2D eigenvalue weighted by Gasteiger charge is 2.76. The Morgan fingerprint density at radius 2 is 1.97 bits per heavy atom. The molecule has 36 heavy (non-hydrogen) atoms. The predicted molar refractivity (Wildman–Crippen MR) is 130 cm³/mol. The summed E-state index contributed by atoms with van der Waals surface area (Å²) in [5.41, 5.74) is -2.20. The molecule has 8 nitrogen and oxygen atoms in total. The zero-order valence-corrected chi connectivity index (χ0v) is 20.9. The lowest BCUT2D eigenvalue weighted by molar-refractivity contribution is -0.215. The van der Waals surface area contributed by atoms with Crippen LogP contribution in [0.1, 0.15) is 44.6 Å². The molecule has 0 aliphatic heterocycles. The van der Waals surface area contributed by atoms with Crippen molar-refractivity contribution in [3.63, 3.8) is 0 Å². The second-order valence-corrected chi connectivity index (χ2v) is 11.9. The molecule has 192 valence electrons. The van der Waals surface area contributed by atoms with Crippen LogP contribution in [0.25, 0.3) is 11.0 Å². The maximum absolute atomic E-state index is 13.3. The lowest BCUT2D eigenvalue weighted by Crippen LogP contribution is -2.66. The fourth-order valence-corrected chi connectivity index (χ4v) is 8.10. The van der Waals surface area contributed by atoms with Gasteiger partial charge in [-0.1, -0.05) is 50.2 Å². The SMILES string of the molecule is CC1=C[C@]23C(O)[C@@H](C=C(CO)[C@@H](O)[C@]2(O)[C@H]1OC(=O)c1noc2ccccc12)[C@H]1[C@@H](C[C@H]3C)C1(C)C. The summed E-state index contributed by atoms with van der Waals surface area (Å²) in [4.78, 5) is 13.3. The zero-order valence-electron chi connectivity index (χ0n) is 20.9. The van der Waals surface area contributed by atoms with Crippen LogP contribution in [0.3, 0.4) is 0 Å². The van der Waals surface area contributed by atoms with E-state index in [9.17, 15) is 25.2 Å². The number of nitrogens with zero attached hydrogens (tertiary/aromatic N) is 1. The maximum atomic E-state index is 13.3. The smallest absolute Gasteiger partial charge is 0.361 e. The Morgan fingerprint density at radius 1 is 1.25 bits per heavy atom. The monoisotopic (exact) mass is 495 g/mol. The summed E-state index contributed by atoms with van der Waals surface area (Å²) in [6, 6.07) is 6.90. The van der Waals surface area contributed by atoms with Crippen LogP contribution in [0.5, 0.6) is 0 Å². The molecule has 0 radical (unpaired) electrons. The molecule has 2 saturated carbocycles. The summed E-state index contributed by atoms with van der Waals surface area (Å²) >= 11 is 0. The van der Waals surface area contributed by atoms with Gasteiger partial charge in [0, 0.05) is 5.92 Å². The minimum Gasteiger partial charge on any atom is -0.450 e. The van der Waals surface area contributed by atoms with Crippen LogP contribution in [0.4, 0.5) is 0 Å². The summed E-state index contributed by atoms with van der Waals surface area (Å²) in [6.45, 7) is 7.60. The van der Waals surface area contributed by atoms with Crippen molar-refractivity contribution in [1.82, 2.24) is 5.16 Å². The molecular formula is C28H33NO7. The van der Waals surface area contributed by atoms with E-state index in [-0.39, 0.29) is 34.4 Å². The van der Waals surface area contributed by atoms with Crippen molar-refractivity contribution in [1.29, 1.82) is 0 Å². The lowest BCUT2D eigenvalue weighted by Gasteiger charge is -2.52. The van der Waals surface area contributed by atoms with Gasteiger partial charge in [0.1, 0.15) is 11.7 Å². The first kappa shape index (κ1) is 23.9. The van der Waals surface area contributed by atoms with Crippen molar-refractivity contribution in [3.05, 3.63) is 53.3 Å². The molecule has 4 N–H and O–H groups in total. The van der Waals surface area contributed by atoms with Crippen LogP contribution in [-0.4, -0.2) is 62.1 Å². The first-order chi connectivity index (χ1) is 17.0. The topological polar surface area (TPSA) is 133 Å². The maximum Gasteiger partial charge on any atom is 0.361 e. The molecule has 1 unspecified atom stereocenters. The highest BCUT2D eigenvalue weighted by Crippen LogP contribution is 2.72. The van der Waals surface area contributed by atoms with Crippen molar-refractivity contribution in [2.24, 2.45) is 34.5 Å². The van der Waals surface area contributed by atoms with E-state index in [0.717, 1.165) is 6.42 Å². The number of benzene rings is 1. The Balaban J connectivity index is 1.46. The van der Waals surface area contributed by atoms with E-state index in [1.807, 2.05) is 13.0 Å². The number of esters is 1. The van der Waals surface area contributed by atoms with Gasteiger partial charge in [0.2, 0.25) is 0 Å². The van der Waals surface area contributed by atoms with Crippen LogP contribution in [0.15, 0.2) is 52.1 Å². The molecule has 9 atom stereocenters. The Kier molecular flexibility index (Phi) is 4.97. The van der Waals surface area contributed by atoms with E-state index in [4.69, 9.17) is 9.26 Å². The molecule has 1 aromatic heterocycles. The minimum atomic E-state index is -2.09. The molecule has 0 amide bonds. The van der Waals surface area contributed by atoms with Gasteiger partial charge in [0.05, 0.1) is 23.5 Å². The fourth-order valence-electron chi connectivity index (χ4n) is 8.10. The Morgan fingerprint density at radius 3 is 2.69 bits per heavy atom. The molecule has 1 aromatic carbocycles. The van der Waals surface area contributed by atoms with Gasteiger partial charge >= 0.3 is 5.97 Å². The molecule has 8 heteroatoms. The quantitative estimate of drug-likeness (QED) is 0.377. The predicted octanol–water partition coefficient (Wildman–Crippen LogP) is 2.61. The van der Waals surface area contributed by atoms with E-state index in [0.29, 0.717) is 22.5 Å². The van der Waals surface area contributed by atoms with Crippen molar-refractivity contribution >= 4 is 16.9 Å². The number of fused-ring (bicyclic) bond motifs is 4. The first-order valence-corrected chi connectivity index (χ1v) is 12.6. The average Bonchev–Trinajstić information content (AvgIpc) is 3.14. The Hall–Kier alpha value is -2.52. The number of aromatic nitrogens is 1. The normalized spacial score (nSPS) is 42.5. The molecule has 2 fully saturated rings. The highest BCUT2D eigenvalue weighted by atomic mass is 16.6. The second-order valence-electron chi connectivity index (χ2n) is 11.9. The second kappa shape index (κ2) is 7.51. The Bertz CT molecular complexity index is 1310. The Labute approximate surface area is 209 Å². The number of hydrogen-bond donors (Lipinski definition) is 4. The zero-order chi connectivity index (χ0) is 25.8. The van der Waals surface area contributed by atoms with E-state index >= 15 is 0 Å². The van der Waals surface area contributed by atoms with E-state index in [2.05, 4.69) is 19.0 Å². The summed E-state index contributed by atoms with van der Waals surface area (Å²) in [6.07, 6.45) is 0.460.